The number of nitriles is 1. The molecule has 3 heteroatoms. The second-order valence-corrected chi connectivity index (χ2v) is 3.23. The molecule has 0 aromatic carbocycles. The highest BCUT2D eigenvalue weighted by Gasteiger charge is 2.10. The molecule has 74 valence electrons. The molecule has 1 rings (SSSR count). The molecule has 0 aliphatic heterocycles. The number of rotatable bonds is 4. The standard InChI is InChI=1S/C11H15N3/c1-3-10(8-12)14-9(2)11-6-4-5-7-13-11/h4-7,9-10,14H,3H2,1-2H3/t9-,10?/m1/s1. The Hall–Kier alpha value is -1.40. The van der Waals surface area contributed by atoms with Gasteiger partial charge in [0, 0.05) is 12.2 Å². The van der Waals surface area contributed by atoms with Crippen molar-refractivity contribution >= 4 is 0 Å². The summed E-state index contributed by atoms with van der Waals surface area (Å²) in [6.45, 7) is 4.01. The fourth-order valence-electron chi connectivity index (χ4n) is 1.27. The van der Waals surface area contributed by atoms with Crippen LogP contribution in [0.3, 0.4) is 0 Å². The number of hydrogen-bond donors (Lipinski definition) is 1. The van der Waals surface area contributed by atoms with Crippen molar-refractivity contribution in [1.29, 1.82) is 5.26 Å². The Morgan fingerprint density at radius 1 is 1.57 bits per heavy atom. The van der Waals surface area contributed by atoms with E-state index < -0.39 is 0 Å². The van der Waals surface area contributed by atoms with Crippen molar-refractivity contribution in [2.45, 2.75) is 32.4 Å². The molecule has 3 nitrogen and oxygen atoms in total. The number of nitrogens with zero attached hydrogens (tertiary/aromatic N) is 2. The van der Waals surface area contributed by atoms with Crippen LogP contribution in [-0.2, 0) is 0 Å². The van der Waals surface area contributed by atoms with E-state index >= 15 is 0 Å². The van der Waals surface area contributed by atoms with E-state index in [1.54, 1.807) is 6.20 Å². The summed E-state index contributed by atoms with van der Waals surface area (Å²) >= 11 is 0. The third kappa shape index (κ3) is 2.82. The van der Waals surface area contributed by atoms with E-state index in [0.717, 1.165) is 12.1 Å². The van der Waals surface area contributed by atoms with Crippen LogP contribution in [-0.4, -0.2) is 11.0 Å². The van der Waals surface area contributed by atoms with Crippen LogP contribution >= 0.6 is 0 Å². The van der Waals surface area contributed by atoms with Gasteiger partial charge >= 0.3 is 0 Å². The van der Waals surface area contributed by atoms with Crippen LogP contribution in [0, 0.1) is 11.3 Å². The van der Waals surface area contributed by atoms with Gasteiger partial charge in [-0.1, -0.05) is 13.0 Å². The molecule has 1 aromatic heterocycles. The highest BCUT2D eigenvalue weighted by Crippen LogP contribution is 2.09. The minimum absolute atomic E-state index is 0.0907. The number of aromatic nitrogens is 1. The first kappa shape index (κ1) is 10.7. The van der Waals surface area contributed by atoms with E-state index in [9.17, 15) is 0 Å². The molecule has 0 amide bonds. The third-order valence-corrected chi connectivity index (χ3v) is 2.15. The Labute approximate surface area is 84.8 Å². The summed E-state index contributed by atoms with van der Waals surface area (Å²) in [4.78, 5) is 4.23. The first-order valence-corrected chi connectivity index (χ1v) is 4.84. The van der Waals surface area contributed by atoms with E-state index in [2.05, 4.69) is 16.4 Å². The summed E-state index contributed by atoms with van der Waals surface area (Å²) in [6.07, 6.45) is 2.58. The van der Waals surface area contributed by atoms with Gasteiger partial charge in [-0.3, -0.25) is 10.3 Å². The van der Waals surface area contributed by atoms with Gasteiger partial charge in [-0.25, -0.2) is 0 Å². The molecule has 0 spiro atoms. The highest BCUT2D eigenvalue weighted by molar-refractivity contribution is 5.08. The molecular weight excluding hydrogens is 174 g/mol. The number of nitrogens with one attached hydrogen (secondary N) is 1. The van der Waals surface area contributed by atoms with Crippen molar-refractivity contribution in [3.8, 4) is 6.07 Å². The minimum Gasteiger partial charge on any atom is -0.294 e. The van der Waals surface area contributed by atoms with E-state index in [-0.39, 0.29) is 12.1 Å². The monoisotopic (exact) mass is 189 g/mol. The van der Waals surface area contributed by atoms with Gasteiger partial charge in [0.05, 0.1) is 17.8 Å². The molecule has 0 bridgehead atoms. The van der Waals surface area contributed by atoms with Gasteiger partial charge in [0.25, 0.3) is 0 Å². The van der Waals surface area contributed by atoms with Gasteiger partial charge in [-0.2, -0.15) is 5.26 Å². The zero-order chi connectivity index (χ0) is 10.4. The average Bonchev–Trinajstić information content (AvgIpc) is 2.26. The van der Waals surface area contributed by atoms with Crippen molar-refractivity contribution in [1.82, 2.24) is 10.3 Å². The Balaban J connectivity index is 2.59. The van der Waals surface area contributed by atoms with Crippen LogP contribution in [0.25, 0.3) is 0 Å². The molecule has 14 heavy (non-hydrogen) atoms. The largest absolute Gasteiger partial charge is 0.294 e. The lowest BCUT2D eigenvalue weighted by Crippen LogP contribution is -2.29. The minimum atomic E-state index is -0.0907. The maximum absolute atomic E-state index is 8.79. The fourth-order valence-corrected chi connectivity index (χ4v) is 1.27. The van der Waals surface area contributed by atoms with Crippen LogP contribution in [0.2, 0.25) is 0 Å². The molecule has 1 aromatic rings. The SMILES string of the molecule is CCC(C#N)N[C@H](C)c1ccccn1. The molecule has 0 saturated heterocycles. The molecule has 0 aliphatic carbocycles. The van der Waals surface area contributed by atoms with Crippen molar-refractivity contribution in [2.75, 3.05) is 0 Å². The molecule has 1 N–H and O–H groups in total. The summed E-state index contributed by atoms with van der Waals surface area (Å²) in [7, 11) is 0. The Morgan fingerprint density at radius 3 is 2.86 bits per heavy atom. The highest BCUT2D eigenvalue weighted by atomic mass is 15.0. The lowest BCUT2D eigenvalue weighted by molar-refractivity contribution is 0.500. The van der Waals surface area contributed by atoms with Gasteiger partial charge < -0.3 is 0 Å². The number of hydrogen-bond acceptors (Lipinski definition) is 3. The van der Waals surface area contributed by atoms with Crippen LogP contribution < -0.4 is 5.32 Å². The third-order valence-electron chi connectivity index (χ3n) is 2.15. The van der Waals surface area contributed by atoms with Crippen LogP contribution in [0.4, 0.5) is 0 Å². The lowest BCUT2D eigenvalue weighted by Gasteiger charge is -2.16. The first-order valence-electron chi connectivity index (χ1n) is 4.84. The quantitative estimate of drug-likeness (QED) is 0.788. The topological polar surface area (TPSA) is 48.7 Å². The summed E-state index contributed by atoms with van der Waals surface area (Å²) in [5.74, 6) is 0. The Morgan fingerprint density at radius 2 is 2.36 bits per heavy atom. The maximum atomic E-state index is 8.79. The second-order valence-electron chi connectivity index (χ2n) is 3.23. The van der Waals surface area contributed by atoms with E-state index in [4.69, 9.17) is 5.26 Å². The zero-order valence-corrected chi connectivity index (χ0v) is 8.57. The predicted molar refractivity (Wildman–Crippen MR) is 55.5 cm³/mol. The average molecular weight is 189 g/mol. The van der Waals surface area contributed by atoms with Crippen molar-refractivity contribution in [3.63, 3.8) is 0 Å². The summed E-state index contributed by atoms with van der Waals surface area (Å²) < 4.78 is 0. The smallest absolute Gasteiger partial charge is 0.0955 e. The molecule has 1 unspecified atom stereocenters. The van der Waals surface area contributed by atoms with Gasteiger partial charge in [-0.05, 0) is 25.5 Å². The molecular formula is C11H15N3. The fraction of sp³-hybridized carbons (Fsp3) is 0.455. The maximum Gasteiger partial charge on any atom is 0.0955 e. The summed E-state index contributed by atoms with van der Waals surface area (Å²) in [6, 6.07) is 8.05. The molecule has 0 radical (unpaired) electrons. The zero-order valence-electron chi connectivity index (χ0n) is 8.57. The van der Waals surface area contributed by atoms with E-state index in [1.165, 1.54) is 0 Å². The van der Waals surface area contributed by atoms with Crippen molar-refractivity contribution in [2.24, 2.45) is 0 Å². The Bertz CT molecular complexity index is 302. The second kappa shape index (κ2) is 5.36. The van der Waals surface area contributed by atoms with E-state index in [1.807, 2.05) is 32.0 Å². The first-order chi connectivity index (χ1) is 6.77. The summed E-state index contributed by atoms with van der Waals surface area (Å²) in [5.41, 5.74) is 0.973. The van der Waals surface area contributed by atoms with Crippen LogP contribution in [0.5, 0.6) is 0 Å². The molecule has 0 fully saturated rings. The van der Waals surface area contributed by atoms with Crippen LogP contribution in [0.15, 0.2) is 24.4 Å². The normalized spacial score (nSPS) is 14.4. The van der Waals surface area contributed by atoms with Gasteiger partial charge in [0.15, 0.2) is 0 Å². The Kier molecular flexibility index (Phi) is 4.09. The summed E-state index contributed by atoms with van der Waals surface area (Å²) in [5, 5.41) is 12.0. The number of pyridine rings is 1. The van der Waals surface area contributed by atoms with Crippen molar-refractivity contribution in [3.05, 3.63) is 30.1 Å². The molecule has 2 atom stereocenters. The predicted octanol–water partition coefficient (Wildman–Crippen LogP) is 2.03. The van der Waals surface area contributed by atoms with Crippen molar-refractivity contribution < 1.29 is 0 Å². The molecule has 0 aliphatic rings. The van der Waals surface area contributed by atoms with Gasteiger partial charge in [0.2, 0.25) is 0 Å². The van der Waals surface area contributed by atoms with Gasteiger partial charge in [0.1, 0.15) is 0 Å². The van der Waals surface area contributed by atoms with E-state index in [0.29, 0.717) is 0 Å². The van der Waals surface area contributed by atoms with Gasteiger partial charge in [-0.15, -0.1) is 0 Å². The lowest BCUT2D eigenvalue weighted by atomic mass is 10.1. The van der Waals surface area contributed by atoms with Crippen LogP contribution in [0.1, 0.15) is 32.0 Å². The molecule has 1 heterocycles. The molecule has 0 saturated carbocycles.